The Labute approximate surface area is 155 Å². The monoisotopic (exact) mass is 415 g/mol. The molecule has 0 aromatic rings. The molecule has 0 radical (unpaired) electrons. The van der Waals surface area contributed by atoms with Gasteiger partial charge in [0, 0.05) is 13.0 Å². The SMILES string of the molecule is CO[C@H]1OC2COC([C@H]2O[C@@H]2OC(CO)[C@H](OS(=O)(=O)[O-])C(C)C2O)[C@@H]1O. The molecule has 0 saturated carbocycles. The van der Waals surface area contributed by atoms with E-state index in [1.807, 2.05) is 0 Å². The van der Waals surface area contributed by atoms with Gasteiger partial charge in [0.2, 0.25) is 10.4 Å². The molecule has 0 spiro atoms. The highest BCUT2D eigenvalue weighted by atomic mass is 32.3. The first-order chi connectivity index (χ1) is 12.7. The van der Waals surface area contributed by atoms with Gasteiger partial charge in [-0.1, -0.05) is 6.92 Å². The molecular formula is C14H23O12S-. The Balaban J connectivity index is 1.71. The highest BCUT2D eigenvalue weighted by molar-refractivity contribution is 7.80. The fraction of sp³-hybridized carbons (Fsp3) is 1.00. The molecule has 12 nitrogen and oxygen atoms in total. The number of aliphatic hydroxyl groups is 3. The molecule has 0 amide bonds. The van der Waals surface area contributed by atoms with E-state index in [1.165, 1.54) is 14.0 Å². The summed E-state index contributed by atoms with van der Waals surface area (Å²) in [5.41, 5.74) is 0. The molecule has 3 rings (SSSR count). The molecular weight excluding hydrogens is 392 g/mol. The van der Waals surface area contributed by atoms with E-state index in [9.17, 15) is 28.3 Å². The predicted molar refractivity (Wildman–Crippen MR) is 81.8 cm³/mol. The Hall–Kier alpha value is -0.450. The normalized spacial score (nSPS) is 47.9. The van der Waals surface area contributed by atoms with Crippen molar-refractivity contribution in [1.29, 1.82) is 0 Å². The second-order valence-electron chi connectivity index (χ2n) is 6.71. The van der Waals surface area contributed by atoms with Crippen molar-refractivity contribution in [2.24, 2.45) is 5.92 Å². The maximum Gasteiger partial charge on any atom is 0.218 e. The van der Waals surface area contributed by atoms with Gasteiger partial charge in [-0.15, -0.1) is 0 Å². The van der Waals surface area contributed by atoms with Crippen LogP contribution in [0, 0.1) is 5.92 Å². The summed E-state index contributed by atoms with van der Waals surface area (Å²) in [7, 11) is -3.70. The molecule has 3 saturated heterocycles. The summed E-state index contributed by atoms with van der Waals surface area (Å²) in [5, 5.41) is 30.1. The van der Waals surface area contributed by atoms with Crippen molar-refractivity contribution >= 4 is 10.4 Å². The third-order valence-electron chi connectivity index (χ3n) is 5.01. The van der Waals surface area contributed by atoms with Crippen LogP contribution in [0.5, 0.6) is 0 Å². The molecule has 3 aliphatic heterocycles. The van der Waals surface area contributed by atoms with Crippen molar-refractivity contribution in [2.45, 2.75) is 62.2 Å². The molecule has 0 aromatic heterocycles. The van der Waals surface area contributed by atoms with Crippen LogP contribution in [-0.2, 0) is 38.3 Å². The fourth-order valence-electron chi connectivity index (χ4n) is 3.60. The number of fused-ring (bicyclic) bond motifs is 2. The van der Waals surface area contributed by atoms with Gasteiger partial charge in [0.1, 0.15) is 42.7 Å². The number of ether oxygens (including phenoxy) is 5. The molecule has 5 unspecified atom stereocenters. The summed E-state index contributed by atoms with van der Waals surface area (Å²) in [5.74, 6) is -0.913. The van der Waals surface area contributed by atoms with Crippen molar-refractivity contribution in [3.05, 3.63) is 0 Å². The van der Waals surface area contributed by atoms with Crippen LogP contribution in [0.15, 0.2) is 0 Å². The Morgan fingerprint density at radius 1 is 1.15 bits per heavy atom. The van der Waals surface area contributed by atoms with E-state index in [1.54, 1.807) is 0 Å². The quantitative estimate of drug-likeness (QED) is 0.298. The number of hydrogen-bond acceptors (Lipinski definition) is 12. The second-order valence-corrected chi connectivity index (χ2v) is 7.72. The van der Waals surface area contributed by atoms with Crippen LogP contribution in [0.4, 0.5) is 0 Å². The molecule has 3 heterocycles. The minimum Gasteiger partial charge on any atom is -0.726 e. The summed E-state index contributed by atoms with van der Waals surface area (Å²) >= 11 is 0. The fourth-order valence-corrected chi connectivity index (χ4v) is 4.17. The average Bonchev–Trinajstić information content (AvgIpc) is 2.91. The van der Waals surface area contributed by atoms with Crippen LogP contribution in [0.25, 0.3) is 0 Å². The third kappa shape index (κ3) is 4.28. The molecule has 3 N–H and O–H groups in total. The lowest BCUT2D eigenvalue weighted by Gasteiger charge is -2.45. The third-order valence-corrected chi connectivity index (χ3v) is 5.47. The summed E-state index contributed by atoms with van der Waals surface area (Å²) in [6, 6.07) is 0. The van der Waals surface area contributed by atoms with E-state index in [0.29, 0.717) is 0 Å². The van der Waals surface area contributed by atoms with Crippen molar-refractivity contribution < 1.29 is 56.2 Å². The van der Waals surface area contributed by atoms with E-state index in [-0.39, 0.29) is 6.61 Å². The summed E-state index contributed by atoms with van der Waals surface area (Å²) in [6.07, 6.45) is -9.46. The first kappa shape index (κ1) is 21.3. The van der Waals surface area contributed by atoms with Gasteiger partial charge >= 0.3 is 0 Å². The van der Waals surface area contributed by atoms with E-state index in [2.05, 4.69) is 4.18 Å². The van der Waals surface area contributed by atoms with Gasteiger partial charge in [-0.25, -0.2) is 8.42 Å². The number of aliphatic hydroxyl groups excluding tert-OH is 3. The lowest BCUT2D eigenvalue weighted by Crippen LogP contribution is -2.60. The molecule has 0 aliphatic carbocycles. The van der Waals surface area contributed by atoms with Gasteiger partial charge in [-0.05, 0) is 0 Å². The zero-order chi connectivity index (χ0) is 19.9. The Morgan fingerprint density at radius 3 is 2.44 bits per heavy atom. The van der Waals surface area contributed by atoms with Gasteiger partial charge in [0.25, 0.3) is 0 Å². The van der Waals surface area contributed by atoms with Crippen LogP contribution in [0.2, 0.25) is 0 Å². The highest BCUT2D eigenvalue weighted by Gasteiger charge is 2.54. The van der Waals surface area contributed by atoms with E-state index < -0.39 is 78.2 Å². The van der Waals surface area contributed by atoms with Crippen LogP contribution in [0.1, 0.15) is 6.92 Å². The maximum atomic E-state index is 10.9. The summed E-state index contributed by atoms with van der Waals surface area (Å²) in [6.45, 7) is 0.893. The van der Waals surface area contributed by atoms with E-state index in [0.717, 1.165) is 0 Å². The van der Waals surface area contributed by atoms with E-state index >= 15 is 0 Å². The minimum absolute atomic E-state index is 0.133. The lowest BCUT2D eigenvalue weighted by molar-refractivity contribution is -0.329. The van der Waals surface area contributed by atoms with Crippen molar-refractivity contribution in [1.82, 2.24) is 0 Å². The van der Waals surface area contributed by atoms with Crippen molar-refractivity contribution in [2.75, 3.05) is 20.3 Å². The van der Waals surface area contributed by atoms with Gasteiger partial charge in [-0.2, -0.15) is 0 Å². The van der Waals surface area contributed by atoms with Crippen LogP contribution in [0.3, 0.4) is 0 Å². The Bertz CT molecular complexity index is 611. The predicted octanol–water partition coefficient (Wildman–Crippen LogP) is -2.94. The maximum absolute atomic E-state index is 10.9. The van der Waals surface area contributed by atoms with Crippen molar-refractivity contribution in [3.8, 4) is 0 Å². The highest BCUT2D eigenvalue weighted by Crippen LogP contribution is 2.36. The molecule has 10 atom stereocenters. The minimum atomic E-state index is -5.07. The van der Waals surface area contributed by atoms with Crippen molar-refractivity contribution in [3.63, 3.8) is 0 Å². The summed E-state index contributed by atoms with van der Waals surface area (Å²) in [4.78, 5) is 0. The average molecular weight is 415 g/mol. The Morgan fingerprint density at radius 2 is 1.85 bits per heavy atom. The van der Waals surface area contributed by atoms with Crippen LogP contribution < -0.4 is 0 Å². The zero-order valence-corrected chi connectivity index (χ0v) is 15.4. The first-order valence-corrected chi connectivity index (χ1v) is 9.71. The van der Waals surface area contributed by atoms with Gasteiger partial charge in [0.05, 0.1) is 13.2 Å². The van der Waals surface area contributed by atoms with Gasteiger partial charge < -0.3 is 43.6 Å². The topological polar surface area (TPSA) is 173 Å². The van der Waals surface area contributed by atoms with E-state index in [4.69, 9.17) is 23.7 Å². The Kier molecular flexibility index (Phi) is 6.39. The molecule has 3 aliphatic rings. The van der Waals surface area contributed by atoms with Gasteiger partial charge in [0.15, 0.2) is 12.6 Å². The van der Waals surface area contributed by atoms with Crippen LogP contribution >= 0.6 is 0 Å². The number of rotatable bonds is 6. The zero-order valence-electron chi connectivity index (χ0n) is 14.6. The largest absolute Gasteiger partial charge is 0.726 e. The van der Waals surface area contributed by atoms with Crippen LogP contribution in [-0.4, -0.2) is 104 Å². The summed E-state index contributed by atoms with van der Waals surface area (Å²) < 4.78 is 64.3. The second kappa shape index (κ2) is 8.12. The van der Waals surface area contributed by atoms with Gasteiger partial charge in [-0.3, -0.25) is 4.18 Å². The molecule has 3 fully saturated rings. The molecule has 158 valence electrons. The first-order valence-electron chi connectivity index (χ1n) is 8.38. The lowest BCUT2D eigenvalue weighted by atomic mass is 9.90. The standard InChI is InChI=1S/C14H24O12S/c1-5-8(16)14(23-6(3-15)10(5)26-27(18,19)20)25-11-7-4-22-12(11)9(17)13(21-2)24-7/h5-17H,3-4H2,1-2H3,(H,18,19,20)/p-1/t5?,6?,7?,8?,9-,10+,11-,12?,13-,14-/m0/s1. The smallest absolute Gasteiger partial charge is 0.218 e. The molecule has 2 bridgehead atoms. The number of methoxy groups -OCH3 is 1. The molecule has 13 heteroatoms. The molecule has 27 heavy (non-hydrogen) atoms. The number of hydrogen-bond donors (Lipinski definition) is 3. The molecule has 0 aromatic carbocycles.